The Morgan fingerprint density at radius 3 is 2.80 bits per heavy atom. The first-order chi connectivity index (χ1) is 7.08. The highest BCUT2D eigenvalue weighted by atomic mass is 79.9. The number of halogens is 2. The van der Waals surface area contributed by atoms with Crippen LogP contribution in [0.2, 0.25) is 5.15 Å². The molecule has 0 N–H and O–H groups in total. The van der Waals surface area contributed by atoms with E-state index in [9.17, 15) is 0 Å². The minimum absolute atomic E-state index is 0.508. The summed E-state index contributed by atoms with van der Waals surface area (Å²) in [5.41, 5.74) is 3.00. The maximum Gasteiger partial charge on any atom is 0.129 e. The Labute approximate surface area is 102 Å². The van der Waals surface area contributed by atoms with Gasteiger partial charge in [-0.15, -0.1) is 0 Å². The van der Waals surface area contributed by atoms with Crippen molar-refractivity contribution in [1.29, 1.82) is 0 Å². The predicted octanol–water partition coefficient (Wildman–Crippen LogP) is 4.68. The zero-order chi connectivity index (χ0) is 11.0. The van der Waals surface area contributed by atoms with Crippen LogP contribution in [0, 0.1) is 0 Å². The number of pyridine rings is 1. The SMILES string of the molecule is C=C(C)c1cc(Br)cc2nc(Cl)ccc12. The van der Waals surface area contributed by atoms with Crippen molar-refractivity contribution in [1.82, 2.24) is 4.98 Å². The minimum atomic E-state index is 0.508. The van der Waals surface area contributed by atoms with Crippen molar-refractivity contribution in [3.8, 4) is 0 Å². The molecule has 1 aromatic carbocycles. The highest BCUT2D eigenvalue weighted by Gasteiger charge is 2.05. The van der Waals surface area contributed by atoms with E-state index in [1.165, 1.54) is 0 Å². The van der Waals surface area contributed by atoms with Gasteiger partial charge in [0.2, 0.25) is 0 Å². The summed E-state index contributed by atoms with van der Waals surface area (Å²) in [7, 11) is 0. The highest BCUT2D eigenvalue weighted by Crippen LogP contribution is 2.28. The molecular formula is C12H9BrClN. The van der Waals surface area contributed by atoms with Gasteiger partial charge < -0.3 is 0 Å². The molecule has 0 amide bonds. The lowest BCUT2D eigenvalue weighted by Gasteiger charge is -2.06. The van der Waals surface area contributed by atoms with E-state index >= 15 is 0 Å². The van der Waals surface area contributed by atoms with E-state index in [2.05, 4.69) is 27.5 Å². The average molecular weight is 283 g/mol. The first kappa shape index (κ1) is 10.7. The lowest BCUT2D eigenvalue weighted by molar-refractivity contribution is 1.40. The van der Waals surface area contributed by atoms with E-state index in [1.807, 2.05) is 25.1 Å². The Kier molecular flexibility index (Phi) is 2.81. The molecule has 0 bridgehead atoms. The zero-order valence-corrected chi connectivity index (χ0v) is 10.6. The number of hydrogen-bond acceptors (Lipinski definition) is 1. The van der Waals surface area contributed by atoms with E-state index in [1.54, 1.807) is 6.07 Å². The first-order valence-electron chi connectivity index (χ1n) is 4.49. The minimum Gasteiger partial charge on any atom is -0.236 e. The van der Waals surface area contributed by atoms with Crippen molar-refractivity contribution in [3.05, 3.63) is 46.0 Å². The Bertz CT molecular complexity index is 543. The molecule has 0 unspecified atom stereocenters. The third-order valence-electron chi connectivity index (χ3n) is 2.20. The molecule has 2 rings (SSSR count). The second-order valence-corrected chi connectivity index (χ2v) is 4.74. The van der Waals surface area contributed by atoms with Gasteiger partial charge in [-0.05, 0) is 36.8 Å². The number of hydrogen-bond donors (Lipinski definition) is 0. The molecule has 0 aliphatic carbocycles. The van der Waals surface area contributed by atoms with Gasteiger partial charge in [0, 0.05) is 9.86 Å². The van der Waals surface area contributed by atoms with Crippen molar-refractivity contribution < 1.29 is 0 Å². The molecule has 0 saturated heterocycles. The largest absolute Gasteiger partial charge is 0.236 e. The summed E-state index contributed by atoms with van der Waals surface area (Å²) in [5, 5.41) is 1.59. The summed E-state index contributed by atoms with van der Waals surface area (Å²) in [6.07, 6.45) is 0. The summed E-state index contributed by atoms with van der Waals surface area (Å²) < 4.78 is 0.989. The van der Waals surface area contributed by atoms with Crippen LogP contribution in [0.15, 0.2) is 35.3 Å². The number of fused-ring (bicyclic) bond motifs is 1. The smallest absolute Gasteiger partial charge is 0.129 e. The third-order valence-corrected chi connectivity index (χ3v) is 2.87. The molecule has 1 heterocycles. The van der Waals surface area contributed by atoms with Crippen LogP contribution in [0.5, 0.6) is 0 Å². The van der Waals surface area contributed by atoms with Crippen LogP contribution < -0.4 is 0 Å². The van der Waals surface area contributed by atoms with Gasteiger partial charge in [-0.1, -0.05) is 39.7 Å². The molecule has 0 saturated carbocycles. The van der Waals surface area contributed by atoms with Crippen LogP contribution in [0.4, 0.5) is 0 Å². The van der Waals surface area contributed by atoms with Crippen LogP contribution in [0.1, 0.15) is 12.5 Å². The maximum absolute atomic E-state index is 5.85. The predicted molar refractivity (Wildman–Crippen MR) is 69.2 cm³/mol. The molecule has 3 heteroatoms. The second kappa shape index (κ2) is 3.95. The average Bonchev–Trinajstić information content (AvgIpc) is 2.15. The number of allylic oxidation sites excluding steroid dienone is 1. The summed E-state index contributed by atoms with van der Waals surface area (Å²) in [6, 6.07) is 7.76. The third kappa shape index (κ3) is 2.06. The van der Waals surface area contributed by atoms with Gasteiger partial charge >= 0.3 is 0 Å². The quantitative estimate of drug-likeness (QED) is 0.692. The van der Waals surface area contributed by atoms with E-state index in [0.29, 0.717) is 5.15 Å². The van der Waals surface area contributed by atoms with Crippen molar-refractivity contribution in [3.63, 3.8) is 0 Å². The van der Waals surface area contributed by atoms with E-state index in [-0.39, 0.29) is 0 Å². The molecule has 2 aromatic rings. The van der Waals surface area contributed by atoms with Gasteiger partial charge in [0.1, 0.15) is 5.15 Å². The topological polar surface area (TPSA) is 12.9 Å². The van der Waals surface area contributed by atoms with E-state index in [0.717, 1.165) is 26.5 Å². The Morgan fingerprint density at radius 2 is 2.13 bits per heavy atom. The number of benzene rings is 1. The number of rotatable bonds is 1. The Balaban J connectivity index is 2.86. The van der Waals surface area contributed by atoms with Gasteiger partial charge in [0.25, 0.3) is 0 Å². The molecule has 0 aliphatic rings. The first-order valence-corrected chi connectivity index (χ1v) is 5.67. The van der Waals surface area contributed by atoms with Crippen LogP contribution in [0.3, 0.4) is 0 Å². The Hall–Kier alpha value is -0.860. The maximum atomic E-state index is 5.85. The van der Waals surface area contributed by atoms with E-state index in [4.69, 9.17) is 11.6 Å². The van der Waals surface area contributed by atoms with Crippen LogP contribution in [-0.4, -0.2) is 4.98 Å². The molecule has 0 atom stereocenters. The summed E-state index contributed by atoms with van der Waals surface area (Å²) in [6.45, 7) is 5.94. The van der Waals surface area contributed by atoms with E-state index < -0.39 is 0 Å². The fourth-order valence-electron chi connectivity index (χ4n) is 1.53. The van der Waals surface area contributed by atoms with Gasteiger partial charge in [-0.25, -0.2) is 4.98 Å². The molecule has 0 radical (unpaired) electrons. The van der Waals surface area contributed by atoms with Gasteiger partial charge in [0.15, 0.2) is 0 Å². The number of aromatic nitrogens is 1. The molecule has 0 fully saturated rings. The molecule has 0 aliphatic heterocycles. The standard InChI is InChI=1S/C12H9BrClN/c1-7(2)10-5-8(13)6-11-9(10)3-4-12(14)15-11/h3-6H,1H2,2H3. The van der Waals surface area contributed by atoms with Crippen LogP contribution >= 0.6 is 27.5 Å². The molecule has 1 nitrogen and oxygen atoms in total. The molecule has 1 aromatic heterocycles. The van der Waals surface area contributed by atoms with Gasteiger partial charge in [-0.3, -0.25) is 0 Å². The molecular weight excluding hydrogens is 273 g/mol. The summed E-state index contributed by atoms with van der Waals surface area (Å²) in [5.74, 6) is 0. The fourth-order valence-corrected chi connectivity index (χ4v) is 2.13. The summed E-state index contributed by atoms with van der Waals surface area (Å²) >= 11 is 9.31. The lowest BCUT2D eigenvalue weighted by atomic mass is 10.0. The fraction of sp³-hybridized carbons (Fsp3) is 0.0833. The van der Waals surface area contributed by atoms with Crippen molar-refractivity contribution in [2.45, 2.75) is 6.92 Å². The highest BCUT2D eigenvalue weighted by molar-refractivity contribution is 9.10. The molecule has 15 heavy (non-hydrogen) atoms. The lowest BCUT2D eigenvalue weighted by Crippen LogP contribution is -1.86. The monoisotopic (exact) mass is 281 g/mol. The Morgan fingerprint density at radius 1 is 1.40 bits per heavy atom. The van der Waals surface area contributed by atoms with Crippen LogP contribution in [-0.2, 0) is 0 Å². The second-order valence-electron chi connectivity index (χ2n) is 3.43. The van der Waals surface area contributed by atoms with Crippen molar-refractivity contribution >= 4 is 44.0 Å². The van der Waals surface area contributed by atoms with Crippen molar-refractivity contribution in [2.24, 2.45) is 0 Å². The van der Waals surface area contributed by atoms with Crippen molar-refractivity contribution in [2.75, 3.05) is 0 Å². The van der Waals surface area contributed by atoms with Gasteiger partial charge in [-0.2, -0.15) is 0 Å². The summed E-state index contributed by atoms with van der Waals surface area (Å²) in [4.78, 5) is 4.27. The normalized spacial score (nSPS) is 10.6. The van der Waals surface area contributed by atoms with Crippen LogP contribution in [0.25, 0.3) is 16.5 Å². The van der Waals surface area contributed by atoms with Gasteiger partial charge in [0.05, 0.1) is 5.52 Å². The number of nitrogens with zero attached hydrogens (tertiary/aromatic N) is 1. The molecule has 0 spiro atoms. The molecule has 76 valence electrons. The zero-order valence-electron chi connectivity index (χ0n) is 8.22.